The Balaban J connectivity index is 2.13. The van der Waals surface area contributed by atoms with Crippen molar-refractivity contribution in [1.82, 2.24) is 4.90 Å². The van der Waals surface area contributed by atoms with Gasteiger partial charge in [-0.3, -0.25) is 4.90 Å². The van der Waals surface area contributed by atoms with Crippen LogP contribution in [0.1, 0.15) is 6.92 Å². The molecule has 0 aromatic heterocycles. The molecule has 0 bridgehead atoms. The van der Waals surface area contributed by atoms with Gasteiger partial charge in [0.2, 0.25) is 0 Å². The van der Waals surface area contributed by atoms with E-state index in [1.54, 1.807) is 0 Å². The minimum Gasteiger partial charge on any atom is -0.465 e. The summed E-state index contributed by atoms with van der Waals surface area (Å²) in [6.45, 7) is 2.82. The quantitative estimate of drug-likeness (QED) is 0.652. The van der Waals surface area contributed by atoms with Crippen molar-refractivity contribution in [3.05, 3.63) is 0 Å². The van der Waals surface area contributed by atoms with Crippen LogP contribution in [0.15, 0.2) is 0 Å². The van der Waals surface area contributed by atoms with E-state index in [0.29, 0.717) is 6.61 Å². The molecule has 6 nitrogen and oxygen atoms in total. The van der Waals surface area contributed by atoms with Crippen LogP contribution < -0.4 is 0 Å². The van der Waals surface area contributed by atoms with Gasteiger partial charge in [-0.15, -0.1) is 0 Å². The van der Waals surface area contributed by atoms with Crippen molar-refractivity contribution in [3.8, 4) is 0 Å². The molecule has 2 aliphatic rings. The highest BCUT2D eigenvalue weighted by molar-refractivity contribution is 5.66. The Kier molecular flexibility index (Phi) is 2.81. The van der Waals surface area contributed by atoms with Gasteiger partial charge in [0.15, 0.2) is 0 Å². The van der Waals surface area contributed by atoms with Crippen molar-refractivity contribution in [2.45, 2.75) is 31.3 Å². The minimum atomic E-state index is -1.03. The molecule has 2 saturated heterocycles. The Bertz CT molecular complexity index is 259. The smallest absolute Gasteiger partial charge is 0.407 e. The van der Waals surface area contributed by atoms with Gasteiger partial charge in [0.25, 0.3) is 0 Å². The van der Waals surface area contributed by atoms with E-state index in [4.69, 9.17) is 14.6 Å². The predicted octanol–water partition coefficient (Wildman–Crippen LogP) is -0.487. The van der Waals surface area contributed by atoms with E-state index >= 15 is 0 Å². The Morgan fingerprint density at radius 3 is 3.00 bits per heavy atom. The number of aliphatic hydroxyl groups is 1. The van der Waals surface area contributed by atoms with E-state index < -0.39 is 18.2 Å². The lowest BCUT2D eigenvalue weighted by molar-refractivity contribution is -0.0278. The SMILES string of the molecule is CCO[C@H]1CN(C(=O)O)[C@H]2[C@@H]1OC[C@@H]2O. The molecular formula is C9H15NO5. The summed E-state index contributed by atoms with van der Waals surface area (Å²) in [6.07, 6.45) is -2.35. The molecule has 0 unspecified atom stereocenters. The van der Waals surface area contributed by atoms with Crippen molar-refractivity contribution >= 4 is 6.09 Å². The topological polar surface area (TPSA) is 79.2 Å². The highest BCUT2D eigenvalue weighted by Crippen LogP contribution is 2.31. The van der Waals surface area contributed by atoms with Crippen LogP contribution in [0.5, 0.6) is 0 Å². The fraction of sp³-hybridized carbons (Fsp3) is 0.889. The fourth-order valence-corrected chi connectivity index (χ4v) is 2.32. The second-order valence-electron chi connectivity index (χ2n) is 3.78. The summed E-state index contributed by atoms with van der Waals surface area (Å²) in [5, 5.41) is 18.6. The van der Waals surface area contributed by atoms with Crippen molar-refractivity contribution in [3.63, 3.8) is 0 Å². The second-order valence-corrected chi connectivity index (χ2v) is 3.78. The van der Waals surface area contributed by atoms with Crippen LogP contribution >= 0.6 is 0 Å². The third-order valence-corrected chi connectivity index (χ3v) is 2.92. The highest BCUT2D eigenvalue weighted by atomic mass is 16.6. The maximum absolute atomic E-state index is 10.9. The first-order valence-corrected chi connectivity index (χ1v) is 5.06. The number of hydrogen-bond acceptors (Lipinski definition) is 4. The number of carboxylic acid groups (broad SMARTS) is 1. The predicted molar refractivity (Wildman–Crippen MR) is 49.7 cm³/mol. The maximum Gasteiger partial charge on any atom is 0.407 e. The third-order valence-electron chi connectivity index (χ3n) is 2.92. The van der Waals surface area contributed by atoms with Crippen molar-refractivity contribution in [2.24, 2.45) is 0 Å². The molecule has 2 N–H and O–H groups in total. The number of aliphatic hydroxyl groups excluding tert-OH is 1. The van der Waals surface area contributed by atoms with Gasteiger partial charge < -0.3 is 19.7 Å². The molecule has 4 atom stereocenters. The van der Waals surface area contributed by atoms with Gasteiger partial charge >= 0.3 is 6.09 Å². The number of amides is 1. The summed E-state index contributed by atoms with van der Waals surface area (Å²) in [4.78, 5) is 12.2. The van der Waals surface area contributed by atoms with E-state index in [-0.39, 0.29) is 25.4 Å². The molecule has 2 heterocycles. The first kappa shape index (κ1) is 10.7. The number of carbonyl (C=O) groups is 1. The van der Waals surface area contributed by atoms with Crippen LogP contribution in [0.4, 0.5) is 4.79 Å². The zero-order valence-corrected chi connectivity index (χ0v) is 8.50. The molecule has 15 heavy (non-hydrogen) atoms. The first-order chi connectivity index (χ1) is 7.15. The van der Waals surface area contributed by atoms with Crippen LogP contribution in [0.25, 0.3) is 0 Å². The van der Waals surface area contributed by atoms with Gasteiger partial charge in [-0.2, -0.15) is 0 Å². The van der Waals surface area contributed by atoms with Crippen molar-refractivity contribution < 1.29 is 24.5 Å². The molecule has 0 spiro atoms. The maximum atomic E-state index is 10.9. The van der Waals surface area contributed by atoms with Crippen molar-refractivity contribution in [1.29, 1.82) is 0 Å². The van der Waals surface area contributed by atoms with E-state index in [1.165, 1.54) is 4.90 Å². The minimum absolute atomic E-state index is 0.183. The number of nitrogens with zero attached hydrogens (tertiary/aromatic N) is 1. The van der Waals surface area contributed by atoms with Gasteiger partial charge in [0.05, 0.1) is 19.2 Å². The lowest BCUT2D eigenvalue weighted by atomic mass is 10.1. The molecule has 2 rings (SSSR count). The normalized spacial score (nSPS) is 39.5. The zero-order chi connectivity index (χ0) is 11.0. The van der Waals surface area contributed by atoms with Gasteiger partial charge in [0, 0.05) is 6.61 Å². The summed E-state index contributed by atoms with van der Waals surface area (Å²) < 4.78 is 10.8. The number of ether oxygens (including phenoxy) is 2. The van der Waals surface area contributed by atoms with Gasteiger partial charge in [0.1, 0.15) is 18.3 Å². The Morgan fingerprint density at radius 1 is 1.67 bits per heavy atom. The summed E-state index contributed by atoms with van der Waals surface area (Å²) in [7, 11) is 0. The van der Waals surface area contributed by atoms with Gasteiger partial charge in [-0.05, 0) is 6.92 Å². The molecule has 0 aliphatic carbocycles. The van der Waals surface area contributed by atoms with E-state index in [0.717, 1.165) is 0 Å². The molecule has 0 aromatic rings. The summed E-state index contributed by atoms with van der Waals surface area (Å²) >= 11 is 0. The van der Waals surface area contributed by atoms with E-state index in [9.17, 15) is 9.90 Å². The third kappa shape index (κ3) is 1.68. The molecule has 0 aromatic carbocycles. The van der Waals surface area contributed by atoms with Crippen LogP contribution in [0.3, 0.4) is 0 Å². The highest BCUT2D eigenvalue weighted by Gasteiger charge is 2.52. The fourth-order valence-electron chi connectivity index (χ4n) is 2.32. The molecule has 0 saturated carbocycles. The largest absolute Gasteiger partial charge is 0.465 e. The van der Waals surface area contributed by atoms with Crippen LogP contribution in [0, 0.1) is 0 Å². The Labute approximate surface area is 87.4 Å². The summed E-state index contributed by atoms with van der Waals surface area (Å²) in [6, 6.07) is -0.473. The number of likely N-dealkylation sites (tertiary alicyclic amines) is 1. The molecule has 1 amide bonds. The number of fused-ring (bicyclic) bond motifs is 1. The Morgan fingerprint density at radius 2 is 2.40 bits per heavy atom. The zero-order valence-electron chi connectivity index (χ0n) is 8.50. The molecular weight excluding hydrogens is 202 g/mol. The van der Waals surface area contributed by atoms with Gasteiger partial charge in [-0.1, -0.05) is 0 Å². The van der Waals surface area contributed by atoms with Crippen molar-refractivity contribution in [2.75, 3.05) is 19.8 Å². The van der Waals surface area contributed by atoms with Crippen LogP contribution in [-0.2, 0) is 9.47 Å². The molecule has 0 radical (unpaired) electrons. The van der Waals surface area contributed by atoms with Crippen LogP contribution in [0.2, 0.25) is 0 Å². The lowest BCUT2D eigenvalue weighted by Crippen LogP contribution is -2.43. The molecule has 86 valence electrons. The Hall–Kier alpha value is -0.850. The lowest BCUT2D eigenvalue weighted by Gasteiger charge is -2.21. The standard InChI is InChI=1S/C9H15NO5/c1-2-14-6-3-10(9(12)13)7-5(11)4-15-8(6)7/h5-8,11H,2-4H2,1H3,(H,12,13)/t5-,6-,7+,8+/m0/s1. The molecule has 2 aliphatic heterocycles. The first-order valence-electron chi connectivity index (χ1n) is 5.06. The van der Waals surface area contributed by atoms with E-state index in [1.807, 2.05) is 6.92 Å². The number of hydrogen-bond donors (Lipinski definition) is 2. The average molecular weight is 217 g/mol. The van der Waals surface area contributed by atoms with Crippen LogP contribution in [-0.4, -0.2) is 65.3 Å². The number of rotatable bonds is 2. The monoisotopic (exact) mass is 217 g/mol. The van der Waals surface area contributed by atoms with Gasteiger partial charge in [-0.25, -0.2) is 4.79 Å². The second kappa shape index (κ2) is 3.96. The molecule has 2 fully saturated rings. The van der Waals surface area contributed by atoms with E-state index in [2.05, 4.69) is 0 Å². The summed E-state index contributed by atoms with van der Waals surface area (Å²) in [5.41, 5.74) is 0. The molecule has 6 heteroatoms. The summed E-state index contributed by atoms with van der Waals surface area (Å²) in [5.74, 6) is 0. The average Bonchev–Trinajstić information content (AvgIpc) is 2.70.